The van der Waals surface area contributed by atoms with Gasteiger partial charge in [-0.3, -0.25) is 14.8 Å². The van der Waals surface area contributed by atoms with Crippen molar-refractivity contribution in [3.63, 3.8) is 0 Å². The zero-order chi connectivity index (χ0) is 17.8. The molecule has 1 fully saturated rings. The van der Waals surface area contributed by atoms with Gasteiger partial charge in [0.05, 0.1) is 23.6 Å². The fourth-order valence-electron chi connectivity index (χ4n) is 3.42. The number of rotatable bonds is 5. The van der Waals surface area contributed by atoms with Gasteiger partial charge in [0.1, 0.15) is 0 Å². The van der Waals surface area contributed by atoms with E-state index in [2.05, 4.69) is 44.2 Å². The van der Waals surface area contributed by atoms with Crippen molar-refractivity contribution in [1.29, 1.82) is 0 Å². The first-order valence-electron chi connectivity index (χ1n) is 9.12. The van der Waals surface area contributed by atoms with E-state index < -0.39 is 0 Å². The van der Waals surface area contributed by atoms with Gasteiger partial charge in [-0.2, -0.15) is 0 Å². The molecule has 6 nitrogen and oxygen atoms in total. The largest absolute Gasteiger partial charge is 0.297 e. The Bertz CT molecular complexity index is 809. The lowest BCUT2D eigenvalue weighted by Crippen LogP contribution is -2.46. The molecule has 134 valence electrons. The number of nitrogens with zero attached hydrogens (tertiary/aromatic N) is 6. The summed E-state index contributed by atoms with van der Waals surface area (Å²) in [6.45, 7) is 7.45. The number of aromatic nitrogens is 4. The molecule has 0 bridgehead atoms. The van der Waals surface area contributed by atoms with E-state index in [1.807, 2.05) is 53.6 Å². The molecule has 1 aromatic carbocycles. The third-order valence-electron chi connectivity index (χ3n) is 5.07. The van der Waals surface area contributed by atoms with Gasteiger partial charge in [0, 0.05) is 45.1 Å². The van der Waals surface area contributed by atoms with Crippen molar-refractivity contribution in [2.45, 2.75) is 19.5 Å². The lowest BCUT2D eigenvalue weighted by atomic mass is 10.1. The van der Waals surface area contributed by atoms with E-state index in [1.165, 1.54) is 5.56 Å². The molecule has 4 rings (SSSR count). The van der Waals surface area contributed by atoms with Crippen LogP contribution in [0, 0.1) is 0 Å². The van der Waals surface area contributed by atoms with Crippen LogP contribution >= 0.6 is 0 Å². The summed E-state index contributed by atoms with van der Waals surface area (Å²) in [5, 5.41) is 8.70. The van der Waals surface area contributed by atoms with Gasteiger partial charge in [-0.25, -0.2) is 4.68 Å². The van der Waals surface area contributed by atoms with Gasteiger partial charge in [0.2, 0.25) is 0 Å². The van der Waals surface area contributed by atoms with Gasteiger partial charge in [0.25, 0.3) is 0 Å². The number of piperazine rings is 1. The Morgan fingerprint density at radius 2 is 1.69 bits per heavy atom. The molecule has 1 atom stereocenters. The molecular formula is C20H24N6. The van der Waals surface area contributed by atoms with Gasteiger partial charge in [-0.05, 0) is 36.8 Å². The van der Waals surface area contributed by atoms with Crippen LogP contribution in [0.15, 0.2) is 61.1 Å². The van der Waals surface area contributed by atoms with Gasteiger partial charge in [-0.1, -0.05) is 23.4 Å². The van der Waals surface area contributed by atoms with Gasteiger partial charge in [0.15, 0.2) is 0 Å². The average molecular weight is 348 g/mol. The molecule has 0 aliphatic carbocycles. The number of benzene rings is 1. The van der Waals surface area contributed by atoms with Gasteiger partial charge in [-0.15, -0.1) is 5.10 Å². The number of hydrogen-bond donors (Lipinski definition) is 0. The molecule has 1 unspecified atom stereocenters. The van der Waals surface area contributed by atoms with Crippen LogP contribution in [-0.4, -0.2) is 56.0 Å². The molecule has 0 radical (unpaired) electrons. The summed E-state index contributed by atoms with van der Waals surface area (Å²) >= 11 is 0. The molecule has 3 heterocycles. The summed E-state index contributed by atoms with van der Waals surface area (Å²) in [5.74, 6) is 0. The second-order valence-electron chi connectivity index (χ2n) is 6.77. The number of pyridine rings is 1. The maximum absolute atomic E-state index is 4.41. The first-order valence-corrected chi connectivity index (χ1v) is 9.12. The summed E-state index contributed by atoms with van der Waals surface area (Å²) in [7, 11) is 0. The summed E-state index contributed by atoms with van der Waals surface area (Å²) in [6.07, 6.45) is 5.77. The molecule has 0 amide bonds. The van der Waals surface area contributed by atoms with Gasteiger partial charge < -0.3 is 0 Å². The van der Waals surface area contributed by atoms with E-state index in [0.717, 1.165) is 44.1 Å². The third kappa shape index (κ3) is 3.81. The topological polar surface area (TPSA) is 50.1 Å². The highest BCUT2D eigenvalue weighted by Crippen LogP contribution is 2.21. The van der Waals surface area contributed by atoms with E-state index in [0.29, 0.717) is 0 Å². The van der Waals surface area contributed by atoms with Crippen LogP contribution in [0.1, 0.15) is 24.2 Å². The molecular weight excluding hydrogens is 324 g/mol. The summed E-state index contributed by atoms with van der Waals surface area (Å²) in [6, 6.07) is 14.6. The molecule has 1 saturated heterocycles. The monoisotopic (exact) mass is 348 g/mol. The predicted molar refractivity (Wildman–Crippen MR) is 101 cm³/mol. The summed E-state index contributed by atoms with van der Waals surface area (Å²) < 4.78 is 1.85. The first-order chi connectivity index (χ1) is 12.8. The maximum Gasteiger partial charge on any atom is 0.1000 e. The second-order valence-corrected chi connectivity index (χ2v) is 6.77. The second kappa shape index (κ2) is 7.76. The Hall–Kier alpha value is -2.57. The van der Waals surface area contributed by atoms with Crippen LogP contribution in [-0.2, 0) is 6.54 Å². The minimum absolute atomic E-state index is 0.274. The zero-order valence-electron chi connectivity index (χ0n) is 15.1. The molecule has 0 spiro atoms. The van der Waals surface area contributed by atoms with Crippen molar-refractivity contribution in [3.05, 3.63) is 72.3 Å². The quantitative estimate of drug-likeness (QED) is 0.709. The van der Waals surface area contributed by atoms with Crippen molar-refractivity contribution in [2.24, 2.45) is 0 Å². The minimum atomic E-state index is 0.274. The van der Waals surface area contributed by atoms with E-state index >= 15 is 0 Å². The van der Waals surface area contributed by atoms with Gasteiger partial charge >= 0.3 is 0 Å². The van der Waals surface area contributed by atoms with E-state index in [9.17, 15) is 0 Å². The average Bonchev–Trinajstić information content (AvgIpc) is 3.20. The predicted octanol–water partition coefficient (Wildman–Crippen LogP) is 2.54. The maximum atomic E-state index is 4.41. The molecule has 26 heavy (non-hydrogen) atoms. The minimum Gasteiger partial charge on any atom is -0.297 e. The SMILES string of the molecule is CC(c1cn(-c2ccccc2)nn1)N1CCN(Cc2ccncc2)CC1. The Labute approximate surface area is 154 Å². The third-order valence-corrected chi connectivity index (χ3v) is 5.07. The van der Waals surface area contributed by atoms with Crippen molar-refractivity contribution < 1.29 is 0 Å². The highest BCUT2D eigenvalue weighted by Gasteiger charge is 2.24. The normalized spacial score (nSPS) is 17.3. The number of hydrogen-bond acceptors (Lipinski definition) is 5. The van der Waals surface area contributed by atoms with Crippen LogP contribution in [0.3, 0.4) is 0 Å². The van der Waals surface area contributed by atoms with Crippen LogP contribution in [0.4, 0.5) is 0 Å². The van der Waals surface area contributed by atoms with Crippen LogP contribution in [0.5, 0.6) is 0 Å². The molecule has 3 aromatic rings. The zero-order valence-corrected chi connectivity index (χ0v) is 15.1. The lowest BCUT2D eigenvalue weighted by molar-refractivity contribution is 0.0963. The van der Waals surface area contributed by atoms with Crippen LogP contribution < -0.4 is 0 Å². The summed E-state index contributed by atoms with van der Waals surface area (Å²) in [4.78, 5) is 9.08. The lowest BCUT2D eigenvalue weighted by Gasteiger charge is -2.37. The van der Waals surface area contributed by atoms with Crippen molar-refractivity contribution in [1.82, 2.24) is 29.8 Å². The van der Waals surface area contributed by atoms with Crippen molar-refractivity contribution in [2.75, 3.05) is 26.2 Å². The van der Waals surface area contributed by atoms with Crippen LogP contribution in [0.25, 0.3) is 5.69 Å². The fraction of sp³-hybridized carbons (Fsp3) is 0.350. The van der Waals surface area contributed by atoms with Crippen LogP contribution in [0.2, 0.25) is 0 Å². The summed E-state index contributed by atoms with van der Waals surface area (Å²) in [5.41, 5.74) is 3.39. The Balaban J connectivity index is 1.35. The Kier molecular flexibility index (Phi) is 5.04. The highest BCUT2D eigenvalue weighted by atomic mass is 15.4. The highest BCUT2D eigenvalue weighted by molar-refractivity contribution is 5.30. The molecule has 1 aliphatic rings. The van der Waals surface area contributed by atoms with E-state index in [1.54, 1.807) is 0 Å². The van der Waals surface area contributed by atoms with Crippen molar-refractivity contribution in [3.8, 4) is 5.69 Å². The van der Waals surface area contributed by atoms with E-state index in [4.69, 9.17) is 0 Å². The van der Waals surface area contributed by atoms with Crippen molar-refractivity contribution >= 4 is 0 Å². The standard InChI is InChI=1S/C20H24N6/c1-17(20-16-26(23-22-20)19-5-3-2-4-6-19)25-13-11-24(12-14-25)15-18-7-9-21-10-8-18/h2-10,16-17H,11-15H2,1H3. The first kappa shape index (κ1) is 16.9. The number of para-hydroxylation sites is 1. The molecule has 1 aliphatic heterocycles. The Morgan fingerprint density at radius 1 is 0.962 bits per heavy atom. The molecule has 2 aromatic heterocycles. The molecule has 0 saturated carbocycles. The molecule has 0 N–H and O–H groups in total. The Morgan fingerprint density at radius 3 is 2.42 bits per heavy atom. The molecule has 6 heteroatoms. The fourth-order valence-corrected chi connectivity index (χ4v) is 3.42. The van der Waals surface area contributed by atoms with E-state index in [-0.39, 0.29) is 6.04 Å². The smallest absolute Gasteiger partial charge is 0.1000 e.